The Labute approximate surface area is 113 Å². The molecular weight excluding hydrogens is 246 g/mol. The molecule has 0 aliphatic heterocycles. The van der Waals surface area contributed by atoms with Crippen molar-refractivity contribution in [3.05, 3.63) is 12.1 Å². The molecule has 1 aromatic rings. The van der Waals surface area contributed by atoms with Gasteiger partial charge in [-0.1, -0.05) is 0 Å². The van der Waals surface area contributed by atoms with Crippen LogP contribution in [-0.4, -0.2) is 30.2 Å². The highest BCUT2D eigenvalue weighted by atomic mass is 16.5. The van der Waals surface area contributed by atoms with Crippen molar-refractivity contribution in [2.24, 2.45) is 0 Å². The zero-order chi connectivity index (χ0) is 14.3. The number of nitrogens with one attached hydrogen (secondary N) is 1. The fraction of sp³-hybridized carbons (Fsp3) is 0.538. The van der Waals surface area contributed by atoms with Gasteiger partial charge in [0.1, 0.15) is 5.82 Å². The normalized spacial score (nSPS) is 10.3. The number of aromatic nitrogens is 1. The van der Waals surface area contributed by atoms with E-state index in [-0.39, 0.29) is 12.1 Å². The second-order valence-corrected chi connectivity index (χ2v) is 4.24. The highest BCUT2D eigenvalue weighted by Crippen LogP contribution is 2.21. The lowest BCUT2D eigenvalue weighted by Crippen LogP contribution is -2.13. The maximum absolute atomic E-state index is 11.2. The Balaban J connectivity index is 2.52. The molecular formula is C13H21N3O3. The van der Waals surface area contributed by atoms with Crippen molar-refractivity contribution in [2.45, 2.75) is 33.3 Å². The van der Waals surface area contributed by atoms with Gasteiger partial charge >= 0.3 is 5.97 Å². The Morgan fingerprint density at radius 2 is 2.21 bits per heavy atom. The number of nitrogen functional groups attached to an aromatic ring is 1. The number of esters is 1. The maximum Gasteiger partial charge on any atom is 0.307 e. The van der Waals surface area contributed by atoms with Crippen LogP contribution in [0.2, 0.25) is 0 Å². The molecule has 0 aromatic carbocycles. The van der Waals surface area contributed by atoms with Crippen LogP contribution >= 0.6 is 0 Å². The second-order valence-electron chi connectivity index (χ2n) is 4.24. The number of hydrogen-bond donors (Lipinski definition) is 2. The van der Waals surface area contributed by atoms with Gasteiger partial charge in [-0.25, -0.2) is 0 Å². The predicted molar refractivity (Wildman–Crippen MR) is 74.2 cm³/mol. The molecule has 1 rings (SSSR count). The Bertz CT molecular complexity index is 422. The van der Waals surface area contributed by atoms with Gasteiger partial charge in [-0.05, 0) is 32.9 Å². The van der Waals surface area contributed by atoms with E-state index in [4.69, 9.17) is 15.2 Å². The van der Waals surface area contributed by atoms with E-state index in [1.54, 1.807) is 19.1 Å². The molecule has 0 saturated heterocycles. The van der Waals surface area contributed by atoms with Gasteiger partial charge in [0.05, 0.1) is 24.8 Å². The van der Waals surface area contributed by atoms with Crippen molar-refractivity contribution >= 4 is 17.5 Å². The van der Waals surface area contributed by atoms with Gasteiger partial charge in [-0.2, -0.15) is 4.98 Å². The summed E-state index contributed by atoms with van der Waals surface area (Å²) in [6.07, 6.45) is 0.296. The third-order valence-corrected chi connectivity index (χ3v) is 2.18. The van der Waals surface area contributed by atoms with Gasteiger partial charge in [0.25, 0.3) is 0 Å². The summed E-state index contributed by atoms with van der Waals surface area (Å²) in [5, 5.41) is 3.03. The Kier molecular flexibility index (Phi) is 5.92. The SMILES string of the molecule is CCOC(=O)CCNc1ccc(N)c(OC(C)C)n1. The van der Waals surface area contributed by atoms with Gasteiger partial charge in [0.15, 0.2) is 0 Å². The molecule has 106 valence electrons. The fourth-order valence-electron chi connectivity index (χ4n) is 1.39. The molecule has 19 heavy (non-hydrogen) atoms. The monoisotopic (exact) mass is 267 g/mol. The maximum atomic E-state index is 11.2. The number of rotatable bonds is 7. The lowest BCUT2D eigenvalue weighted by molar-refractivity contribution is -0.142. The van der Waals surface area contributed by atoms with Gasteiger partial charge in [0, 0.05) is 6.54 Å². The largest absolute Gasteiger partial charge is 0.473 e. The first-order chi connectivity index (χ1) is 9.02. The van der Waals surface area contributed by atoms with E-state index in [9.17, 15) is 4.79 Å². The molecule has 0 unspecified atom stereocenters. The lowest BCUT2D eigenvalue weighted by Gasteiger charge is -2.12. The first-order valence-electron chi connectivity index (χ1n) is 6.35. The summed E-state index contributed by atoms with van der Waals surface area (Å²) in [7, 11) is 0. The highest BCUT2D eigenvalue weighted by molar-refractivity contribution is 5.70. The van der Waals surface area contributed by atoms with Crippen molar-refractivity contribution < 1.29 is 14.3 Å². The quantitative estimate of drug-likeness (QED) is 0.733. The second kappa shape index (κ2) is 7.45. The number of nitrogens with two attached hydrogens (primary N) is 1. The van der Waals surface area contributed by atoms with Crippen LogP contribution in [0.25, 0.3) is 0 Å². The first kappa shape index (κ1) is 15.1. The minimum atomic E-state index is -0.232. The summed E-state index contributed by atoms with van der Waals surface area (Å²) in [5.74, 6) is 0.786. The number of ether oxygens (including phenoxy) is 2. The number of hydrogen-bond acceptors (Lipinski definition) is 6. The zero-order valence-electron chi connectivity index (χ0n) is 11.6. The first-order valence-corrected chi connectivity index (χ1v) is 6.35. The van der Waals surface area contributed by atoms with Gasteiger partial charge < -0.3 is 20.5 Å². The van der Waals surface area contributed by atoms with Crippen LogP contribution in [0.3, 0.4) is 0 Å². The minimum absolute atomic E-state index is 0.00424. The van der Waals surface area contributed by atoms with Crippen molar-refractivity contribution in [1.29, 1.82) is 0 Å². The van der Waals surface area contributed by atoms with Crippen LogP contribution in [0.4, 0.5) is 11.5 Å². The fourth-order valence-corrected chi connectivity index (χ4v) is 1.39. The van der Waals surface area contributed by atoms with Crippen molar-refractivity contribution in [3.63, 3.8) is 0 Å². The molecule has 0 fully saturated rings. The van der Waals surface area contributed by atoms with E-state index in [0.717, 1.165) is 0 Å². The third-order valence-electron chi connectivity index (χ3n) is 2.18. The molecule has 6 heteroatoms. The Morgan fingerprint density at radius 3 is 2.84 bits per heavy atom. The van der Waals surface area contributed by atoms with Gasteiger partial charge in [-0.15, -0.1) is 0 Å². The number of carbonyl (C=O) groups is 1. The van der Waals surface area contributed by atoms with Crippen LogP contribution in [0.1, 0.15) is 27.2 Å². The molecule has 0 radical (unpaired) electrons. The number of anilines is 2. The molecule has 3 N–H and O–H groups in total. The van der Waals surface area contributed by atoms with E-state index < -0.39 is 0 Å². The molecule has 1 heterocycles. The van der Waals surface area contributed by atoms with Crippen molar-refractivity contribution in [2.75, 3.05) is 24.2 Å². The minimum Gasteiger partial charge on any atom is -0.473 e. The van der Waals surface area contributed by atoms with Crippen LogP contribution in [0, 0.1) is 0 Å². The molecule has 0 aliphatic carbocycles. The molecule has 1 aromatic heterocycles. The van der Waals surface area contributed by atoms with Crippen LogP contribution in [0.5, 0.6) is 5.88 Å². The molecule has 6 nitrogen and oxygen atoms in total. The van der Waals surface area contributed by atoms with Crippen LogP contribution < -0.4 is 15.8 Å². The lowest BCUT2D eigenvalue weighted by atomic mass is 10.3. The third kappa shape index (κ3) is 5.46. The molecule has 0 saturated carbocycles. The highest BCUT2D eigenvalue weighted by Gasteiger charge is 2.07. The summed E-state index contributed by atoms with van der Waals surface area (Å²) in [6, 6.07) is 3.46. The summed E-state index contributed by atoms with van der Waals surface area (Å²) >= 11 is 0. The number of carbonyl (C=O) groups excluding carboxylic acids is 1. The van der Waals surface area contributed by atoms with E-state index in [2.05, 4.69) is 10.3 Å². The Hall–Kier alpha value is -1.98. The van der Waals surface area contributed by atoms with Gasteiger partial charge in [-0.3, -0.25) is 4.79 Å². The zero-order valence-corrected chi connectivity index (χ0v) is 11.6. The smallest absolute Gasteiger partial charge is 0.307 e. The average molecular weight is 267 g/mol. The summed E-state index contributed by atoms with van der Waals surface area (Å²) in [4.78, 5) is 15.4. The van der Waals surface area contributed by atoms with Crippen molar-refractivity contribution in [3.8, 4) is 5.88 Å². The molecule has 0 aliphatic rings. The van der Waals surface area contributed by atoms with E-state index in [1.807, 2.05) is 13.8 Å². The standard InChI is InChI=1S/C13H21N3O3/c1-4-18-12(17)7-8-15-11-6-5-10(14)13(16-11)19-9(2)3/h5-6,9H,4,7-8,14H2,1-3H3,(H,15,16). The number of pyridine rings is 1. The Morgan fingerprint density at radius 1 is 1.47 bits per heavy atom. The van der Waals surface area contributed by atoms with E-state index >= 15 is 0 Å². The summed E-state index contributed by atoms with van der Waals surface area (Å²) in [6.45, 7) is 6.44. The topological polar surface area (TPSA) is 86.5 Å². The van der Waals surface area contributed by atoms with E-state index in [1.165, 1.54) is 0 Å². The van der Waals surface area contributed by atoms with Crippen LogP contribution in [0.15, 0.2) is 12.1 Å². The molecule has 0 bridgehead atoms. The molecule has 0 atom stereocenters. The molecule has 0 spiro atoms. The summed E-state index contributed by atoms with van der Waals surface area (Å²) in [5.41, 5.74) is 6.26. The van der Waals surface area contributed by atoms with Gasteiger partial charge in [0.2, 0.25) is 5.88 Å². The summed E-state index contributed by atoms with van der Waals surface area (Å²) < 4.78 is 10.3. The van der Waals surface area contributed by atoms with E-state index in [0.29, 0.717) is 37.0 Å². The average Bonchev–Trinajstić information content (AvgIpc) is 2.33. The van der Waals surface area contributed by atoms with Crippen molar-refractivity contribution in [1.82, 2.24) is 4.98 Å². The van der Waals surface area contributed by atoms with Crippen LogP contribution in [-0.2, 0) is 9.53 Å². The predicted octanol–water partition coefficient (Wildman–Crippen LogP) is 1.82. The number of nitrogens with zero attached hydrogens (tertiary/aromatic N) is 1. The molecule has 0 amide bonds.